The molecule has 0 aliphatic carbocycles. The molecule has 0 aromatic heterocycles. The molecule has 0 saturated carbocycles. The van der Waals surface area contributed by atoms with E-state index >= 15 is 0 Å². The van der Waals surface area contributed by atoms with Gasteiger partial charge >= 0.3 is 12.1 Å². The highest BCUT2D eigenvalue weighted by Crippen LogP contribution is 2.31. The topological polar surface area (TPSA) is 26.3 Å². The lowest BCUT2D eigenvalue weighted by Gasteiger charge is -2.07. The third-order valence-electron chi connectivity index (χ3n) is 1.82. The molecule has 0 N–H and O–H groups in total. The van der Waals surface area contributed by atoms with Crippen LogP contribution in [0.4, 0.5) is 13.2 Å². The molecular weight excluding hydrogens is 245 g/mol. The van der Waals surface area contributed by atoms with E-state index in [1.807, 2.05) is 11.8 Å². The summed E-state index contributed by atoms with van der Waals surface area (Å²) >= 11 is 0. The molecule has 92 valence electrons. The smallest absolute Gasteiger partial charge is 0.417 e. The van der Waals surface area contributed by atoms with Crippen molar-refractivity contribution in [1.82, 2.24) is 0 Å². The average Bonchev–Trinajstić information content (AvgIpc) is 2.33. The molecule has 0 aliphatic rings. The third kappa shape index (κ3) is 3.88. The van der Waals surface area contributed by atoms with Gasteiger partial charge in [0, 0.05) is 11.5 Å². The van der Waals surface area contributed by atoms with Crippen LogP contribution in [0.5, 0.6) is 0 Å². The number of carbonyl (C=O) groups excluding carboxylic acids is 1. The first-order valence-corrected chi connectivity index (χ1v) is 4.73. The lowest BCUT2D eigenvalue weighted by atomic mass is 10.1. The molecule has 2 nitrogen and oxygen atoms in total. The second-order valence-corrected chi connectivity index (χ2v) is 3.07. The second-order valence-electron chi connectivity index (χ2n) is 3.07. The van der Waals surface area contributed by atoms with Crippen LogP contribution in [0.2, 0.25) is 0 Å². The Morgan fingerprint density at radius 3 is 2.61 bits per heavy atom. The molecule has 0 radical (unpaired) electrons. The summed E-state index contributed by atoms with van der Waals surface area (Å²) in [5, 5.41) is 0. The Morgan fingerprint density at radius 2 is 2.00 bits per heavy atom. The number of benzene rings is 1. The summed E-state index contributed by atoms with van der Waals surface area (Å²) < 4.78 is 42.1. The summed E-state index contributed by atoms with van der Waals surface area (Å²) in [6, 6.07) is 4.69. The number of hydrogen-bond donors (Lipinski definition) is 0. The van der Waals surface area contributed by atoms with Gasteiger partial charge in [0.05, 0.1) is 5.56 Å². The molecule has 0 unspecified atom stereocenters. The van der Waals surface area contributed by atoms with Gasteiger partial charge in [0.1, 0.15) is 0 Å². The summed E-state index contributed by atoms with van der Waals surface area (Å²) in [5.41, 5.74) is -1.19. The van der Waals surface area contributed by atoms with Crippen LogP contribution >= 0.6 is 0 Å². The van der Waals surface area contributed by atoms with E-state index in [4.69, 9.17) is 6.42 Å². The SMILES string of the molecule is C#CCOC(=O)C#Cc1ccccc1C(F)(F)F. The molecule has 1 aromatic rings. The maximum Gasteiger partial charge on any atom is 0.417 e. The van der Waals surface area contributed by atoms with Gasteiger partial charge in [-0.2, -0.15) is 13.2 Å². The van der Waals surface area contributed by atoms with E-state index in [9.17, 15) is 18.0 Å². The van der Waals surface area contributed by atoms with Gasteiger partial charge in [-0.05, 0) is 12.1 Å². The standard InChI is InChI=1S/C13H7F3O2/c1-2-9-18-12(17)8-7-10-5-3-4-6-11(10)13(14,15)16/h1,3-6H,9H2. The van der Waals surface area contributed by atoms with Crippen LogP contribution < -0.4 is 0 Å². The third-order valence-corrected chi connectivity index (χ3v) is 1.82. The minimum absolute atomic E-state index is 0.269. The van der Waals surface area contributed by atoms with Crippen molar-refractivity contribution in [3.63, 3.8) is 0 Å². The monoisotopic (exact) mass is 252 g/mol. The number of esters is 1. The fourth-order valence-corrected chi connectivity index (χ4v) is 1.10. The molecule has 0 fully saturated rings. The Kier molecular flexibility index (Phi) is 4.39. The number of alkyl halides is 3. The Balaban J connectivity index is 2.96. The lowest BCUT2D eigenvalue weighted by molar-refractivity contribution is -0.138. The molecule has 0 saturated heterocycles. The maximum absolute atomic E-state index is 12.6. The van der Waals surface area contributed by atoms with Gasteiger partial charge in [0.2, 0.25) is 0 Å². The predicted molar refractivity (Wildman–Crippen MR) is 58.1 cm³/mol. The number of halogens is 3. The molecule has 0 heterocycles. The van der Waals surface area contributed by atoms with Crippen LogP contribution in [-0.2, 0) is 15.7 Å². The molecular formula is C13H7F3O2. The zero-order chi connectivity index (χ0) is 13.6. The van der Waals surface area contributed by atoms with Crippen LogP contribution in [0.3, 0.4) is 0 Å². The summed E-state index contributed by atoms with van der Waals surface area (Å²) in [6.45, 7) is -0.269. The Morgan fingerprint density at radius 1 is 1.33 bits per heavy atom. The zero-order valence-electron chi connectivity index (χ0n) is 9.04. The van der Waals surface area contributed by atoms with Crippen LogP contribution in [0, 0.1) is 24.2 Å². The van der Waals surface area contributed by atoms with Gasteiger partial charge in [0.25, 0.3) is 0 Å². The predicted octanol–water partition coefficient (Wildman–Crippen LogP) is 2.23. The number of hydrogen-bond acceptors (Lipinski definition) is 2. The minimum atomic E-state index is -4.52. The first-order valence-electron chi connectivity index (χ1n) is 4.73. The van der Waals surface area contributed by atoms with Gasteiger partial charge in [0.15, 0.2) is 6.61 Å². The van der Waals surface area contributed by atoms with Crippen LogP contribution in [-0.4, -0.2) is 12.6 Å². The van der Waals surface area contributed by atoms with Gasteiger partial charge in [-0.15, -0.1) is 6.42 Å². The van der Waals surface area contributed by atoms with E-state index in [1.165, 1.54) is 18.2 Å². The van der Waals surface area contributed by atoms with E-state index in [2.05, 4.69) is 10.7 Å². The molecule has 1 aromatic carbocycles. The molecule has 18 heavy (non-hydrogen) atoms. The fraction of sp³-hybridized carbons (Fsp3) is 0.154. The van der Waals surface area contributed by atoms with Crippen molar-refractivity contribution in [1.29, 1.82) is 0 Å². The maximum atomic E-state index is 12.6. The summed E-state index contributed by atoms with van der Waals surface area (Å²) in [6.07, 6.45) is 0.321. The normalized spacial score (nSPS) is 9.89. The zero-order valence-corrected chi connectivity index (χ0v) is 9.04. The lowest BCUT2D eigenvalue weighted by Crippen LogP contribution is -2.07. The highest BCUT2D eigenvalue weighted by Gasteiger charge is 2.32. The summed E-state index contributed by atoms with van der Waals surface area (Å²) in [5.74, 6) is 5.13. The van der Waals surface area contributed by atoms with E-state index in [-0.39, 0.29) is 12.2 Å². The molecule has 0 spiro atoms. The highest BCUT2D eigenvalue weighted by atomic mass is 19.4. The van der Waals surface area contributed by atoms with Crippen molar-refractivity contribution in [3.05, 3.63) is 35.4 Å². The Labute approximate surface area is 102 Å². The minimum Gasteiger partial charge on any atom is -0.443 e. The van der Waals surface area contributed by atoms with E-state index in [0.717, 1.165) is 6.07 Å². The summed E-state index contributed by atoms with van der Waals surface area (Å²) in [4.78, 5) is 11.0. The van der Waals surface area contributed by atoms with Crippen molar-refractivity contribution in [2.75, 3.05) is 6.61 Å². The highest BCUT2D eigenvalue weighted by molar-refractivity contribution is 5.89. The van der Waals surface area contributed by atoms with Gasteiger partial charge in [-0.3, -0.25) is 0 Å². The van der Waals surface area contributed by atoms with Crippen molar-refractivity contribution >= 4 is 5.97 Å². The van der Waals surface area contributed by atoms with E-state index in [1.54, 1.807) is 0 Å². The molecule has 0 bridgehead atoms. The molecule has 0 atom stereocenters. The Hall–Kier alpha value is -2.40. The van der Waals surface area contributed by atoms with Crippen LogP contribution in [0.15, 0.2) is 24.3 Å². The fourth-order valence-electron chi connectivity index (χ4n) is 1.10. The van der Waals surface area contributed by atoms with E-state index in [0.29, 0.717) is 0 Å². The quantitative estimate of drug-likeness (QED) is 0.566. The van der Waals surface area contributed by atoms with Crippen LogP contribution in [0.25, 0.3) is 0 Å². The summed E-state index contributed by atoms with van der Waals surface area (Å²) in [7, 11) is 0. The van der Waals surface area contributed by atoms with Gasteiger partial charge in [-0.1, -0.05) is 24.0 Å². The van der Waals surface area contributed by atoms with E-state index < -0.39 is 17.7 Å². The Bertz CT molecular complexity index is 542. The van der Waals surface area contributed by atoms with Crippen molar-refractivity contribution in [2.45, 2.75) is 6.18 Å². The average molecular weight is 252 g/mol. The van der Waals surface area contributed by atoms with Gasteiger partial charge in [-0.25, -0.2) is 4.79 Å². The molecule has 5 heteroatoms. The van der Waals surface area contributed by atoms with Crippen molar-refractivity contribution in [3.8, 4) is 24.2 Å². The van der Waals surface area contributed by atoms with Gasteiger partial charge < -0.3 is 4.74 Å². The first kappa shape index (κ1) is 13.7. The van der Waals surface area contributed by atoms with Crippen molar-refractivity contribution < 1.29 is 22.7 Å². The number of terminal acetylenes is 1. The number of rotatable bonds is 1. The van der Waals surface area contributed by atoms with Crippen molar-refractivity contribution in [2.24, 2.45) is 0 Å². The number of ether oxygens (including phenoxy) is 1. The number of carbonyl (C=O) groups is 1. The largest absolute Gasteiger partial charge is 0.443 e. The molecule has 0 aliphatic heterocycles. The first-order chi connectivity index (χ1) is 8.45. The van der Waals surface area contributed by atoms with Crippen LogP contribution in [0.1, 0.15) is 11.1 Å². The molecule has 0 amide bonds. The molecule has 1 rings (SSSR count). The second kappa shape index (κ2) is 5.79.